The molecule has 35 heavy (non-hydrogen) atoms. The summed E-state index contributed by atoms with van der Waals surface area (Å²) in [6.07, 6.45) is 14.9. The molecule has 0 atom stereocenters. The number of carboxylic acid groups (broad SMARTS) is 1. The van der Waals surface area contributed by atoms with Crippen LogP contribution in [-0.2, 0) is 9.47 Å². The average Bonchev–Trinajstić information content (AvgIpc) is 2.83. The van der Waals surface area contributed by atoms with E-state index >= 15 is 0 Å². The van der Waals surface area contributed by atoms with Gasteiger partial charge in [0.2, 0.25) is 0 Å². The molecule has 0 aromatic heterocycles. The van der Waals surface area contributed by atoms with Crippen molar-refractivity contribution in [2.75, 3.05) is 26.3 Å². The first-order valence-corrected chi connectivity index (χ1v) is 14.0. The standard InChI is InChI=1S/C14H27NO4.C13H27NO2/c1-3-5-7-9-11-15(13(16)17)14(18)19-12-10-8-6-4-2;1-3-5-7-9-11-14-13(15)16-12-10-8-6-4-2/h3-12H2,1-2H3,(H,16,17);3-12H2,1-2H3,(H,14,15). The van der Waals surface area contributed by atoms with E-state index < -0.39 is 12.2 Å². The molecule has 0 aliphatic carbocycles. The van der Waals surface area contributed by atoms with Gasteiger partial charge in [0, 0.05) is 13.1 Å². The molecule has 0 spiro atoms. The third-order valence-electron chi connectivity index (χ3n) is 5.44. The summed E-state index contributed by atoms with van der Waals surface area (Å²) >= 11 is 0. The Morgan fingerprint density at radius 3 is 1.57 bits per heavy atom. The molecule has 0 aromatic rings. The highest BCUT2D eigenvalue weighted by atomic mass is 16.6. The van der Waals surface area contributed by atoms with Crippen molar-refractivity contribution in [2.45, 2.75) is 130 Å². The zero-order chi connectivity index (χ0) is 26.6. The molecule has 0 bridgehead atoms. The monoisotopic (exact) mass is 502 g/mol. The van der Waals surface area contributed by atoms with Gasteiger partial charge in [-0.05, 0) is 25.7 Å². The van der Waals surface area contributed by atoms with Gasteiger partial charge in [0.05, 0.1) is 13.2 Å². The maximum Gasteiger partial charge on any atom is 0.419 e. The minimum Gasteiger partial charge on any atom is -0.465 e. The van der Waals surface area contributed by atoms with E-state index in [9.17, 15) is 14.4 Å². The molecule has 0 saturated heterocycles. The van der Waals surface area contributed by atoms with Gasteiger partial charge in [-0.15, -0.1) is 0 Å². The van der Waals surface area contributed by atoms with Crippen molar-refractivity contribution in [3.8, 4) is 0 Å². The number of imide groups is 1. The van der Waals surface area contributed by atoms with Crippen molar-refractivity contribution in [3.63, 3.8) is 0 Å². The maximum absolute atomic E-state index is 11.6. The summed E-state index contributed by atoms with van der Waals surface area (Å²) in [6.45, 7) is 10.4. The third kappa shape index (κ3) is 26.5. The number of rotatable bonds is 20. The number of hydrogen-bond donors (Lipinski definition) is 2. The maximum atomic E-state index is 11.6. The van der Waals surface area contributed by atoms with Gasteiger partial charge in [-0.1, -0.05) is 105 Å². The molecule has 8 nitrogen and oxygen atoms in total. The second kappa shape index (κ2) is 28.2. The first kappa shape index (κ1) is 35.2. The van der Waals surface area contributed by atoms with Crippen LogP contribution in [0.25, 0.3) is 0 Å². The third-order valence-corrected chi connectivity index (χ3v) is 5.44. The normalized spacial score (nSPS) is 10.2. The molecule has 208 valence electrons. The number of amides is 3. The number of hydrogen-bond acceptors (Lipinski definition) is 5. The van der Waals surface area contributed by atoms with E-state index in [2.05, 4.69) is 33.0 Å². The lowest BCUT2D eigenvalue weighted by Gasteiger charge is -2.16. The first-order chi connectivity index (χ1) is 16.9. The van der Waals surface area contributed by atoms with E-state index in [-0.39, 0.29) is 12.6 Å². The summed E-state index contributed by atoms with van der Waals surface area (Å²) in [7, 11) is 0. The van der Waals surface area contributed by atoms with E-state index in [0.29, 0.717) is 19.6 Å². The van der Waals surface area contributed by atoms with Crippen LogP contribution >= 0.6 is 0 Å². The van der Waals surface area contributed by atoms with Crippen LogP contribution in [0.5, 0.6) is 0 Å². The Morgan fingerprint density at radius 2 is 1.09 bits per heavy atom. The summed E-state index contributed by atoms with van der Waals surface area (Å²) in [5, 5.41) is 11.7. The van der Waals surface area contributed by atoms with E-state index in [1.807, 2.05) is 0 Å². The fourth-order valence-corrected chi connectivity index (χ4v) is 3.21. The second-order valence-corrected chi connectivity index (χ2v) is 8.85. The number of nitrogens with zero attached hydrogens (tertiary/aromatic N) is 1. The number of alkyl carbamates (subject to hydrolysis) is 1. The molecule has 8 heteroatoms. The topological polar surface area (TPSA) is 105 Å². The van der Waals surface area contributed by atoms with Gasteiger partial charge < -0.3 is 19.9 Å². The molecule has 0 fully saturated rings. The molecule has 0 heterocycles. The van der Waals surface area contributed by atoms with Gasteiger partial charge in [-0.2, -0.15) is 0 Å². The average molecular weight is 503 g/mol. The van der Waals surface area contributed by atoms with Crippen LogP contribution in [0.15, 0.2) is 0 Å². The van der Waals surface area contributed by atoms with Gasteiger partial charge in [-0.25, -0.2) is 19.3 Å². The molecule has 3 amide bonds. The van der Waals surface area contributed by atoms with Gasteiger partial charge in [0.1, 0.15) is 0 Å². The van der Waals surface area contributed by atoms with Crippen molar-refractivity contribution in [1.29, 1.82) is 0 Å². The minimum atomic E-state index is -1.23. The smallest absolute Gasteiger partial charge is 0.419 e. The number of ether oxygens (including phenoxy) is 2. The van der Waals surface area contributed by atoms with Crippen molar-refractivity contribution >= 4 is 18.3 Å². The zero-order valence-electron chi connectivity index (χ0n) is 23.1. The van der Waals surface area contributed by atoms with Crippen molar-refractivity contribution in [1.82, 2.24) is 10.2 Å². The molecule has 0 radical (unpaired) electrons. The van der Waals surface area contributed by atoms with Gasteiger partial charge in [0.25, 0.3) is 0 Å². The highest BCUT2D eigenvalue weighted by Crippen LogP contribution is 2.05. The molecular weight excluding hydrogens is 448 g/mol. The number of nitrogens with one attached hydrogen (secondary N) is 1. The zero-order valence-corrected chi connectivity index (χ0v) is 23.1. The molecule has 0 aliphatic rings. The molecule has 2 N–H and O–H groups in total. The van der Waals surface area contributed by atoms with E-state index in [4.69, 9.17) is 14.6 Å². The molecule has 0 rings (SSSR count). The fourth-order valence-electron chi connectivity index (χ4n) is 3.21. The summed E-state index contributed by atoms with van der Waals surface area (Å²) < 4.78 is 10.0. The van der Waals surface area contributed by atoms with Gasteiger partial charge >= 0.3 is 18.3 Å². The Bertz CT molecular complexity index is 486. The molecular formula is C27H54N2O6. The van der Waals surface area contributed by atoms with E-state index in [0.717, 1.165) is 75.7 Å². The van der Waals surface area contributed by atoms with Gasteiger partial charge in [0.15, 0.2) is 0 Å². The van der Waals surface area contributed by atoms with E-state index in [1.54, 1.807) is 0 Å². The van der Waals surface area contributed by atoms with Crippen LogP contribution in [0.4, 0.5) is 14.4 Å². The quantitative estimate of drug-likeness (QED) is 0.163. The number of unbranched alkanes of at least 4 members (excludes halogenated alkanes) is 12. The Balaban J connectivity index is 0. The molecule has 0 aromatic carbocycles. The van der Waals surface area contributed by atoms with Crippen LogP contribution in [0, 0.1) is 0 Å². The summed E-state index contributed by atoms with van der Waals surface area (Å²) in [5.74, 6) is 0. The number of carbonyl (C=O) groups excluding carboxylic acids is 2. The van der Waals surface area contributed by atoms with Crippen LogP contribution in [0.2, 0.25) is 0 Å². The van der Waals surface area contributed by atoms with Crippen LogP contribution in [0.1, 0.15) is 130 Å². The van der Waals surface area contributed by atoms with Crippen molar-refractivity contribution < 1.29 is 29.0 Å². The fraction of sp³-hybridized carbons (Fsp3) is 0.889. The lowest BCUT2D eigenvalue weighted by atomic mass is 10.2. The summed E-state index contributed by atoms with van der Waals surface area (Å²) in [4.78, 5) is 34.5. The number of carbonyl (C=O) groups is 3. The van der Waals surface area contributed by atoms with Crippen LogP contribution in [0.3, 0.4) is 0 Å². The summed E-state index contributed by atoms with van der Waals surface area (Å²) in [6, 6.07) is 0. The van der Waals surface area contributed by atoms with Crippen molar-refractivity contribution in [3.05, 3.63) is 0 Å². The highest BCUT2D eigenvalue weighted by molar-refractivity contribution is 5.86. The van der Waals surface area contributed by atoms with Crippen LogP contribution in [-0.4, -0.2) is 54.6 Å². The largest absolute Gasteiger partial charge is 0.465 e. The van der Waals surface area contributed by atoms with E-state index in [1.165, 1.54) is 32.1 Å². The second-order valence-electron chi connectivity index (χ2n) is 8.85. The lowest BCUT2D eigenvalue weighted by molar-refractivity contribution is 0.0924. The lowest BCUT2D eigenvalue weighted by Crippen LogP contribution is -2.37. The first-order valence-electron chi connectivity index (χ1n) is 14.0. The van der Waals surface area contributed by atoms with Crippen molar-refractivity contribution in [2.24, 2.45) is 0 Å². The Labute approximate surface area is 214 Å². The molecule has 0 unspecified atom stereocenters. The predicted octanol–water partition coefficient (Wildman–Crippen LogP) is 8.14. The Hall–Kier alpha value is -1.99. The Kier molecular flexibility index (Phi) is 28.4. The Morgan fingerprint density at radius 1 is 0.629 bits per heavy atom. The molecule has 0 aliphatic heterocycles. The highest BCUT2D eigenvalue weighted by Gasteiger charge is 2.21. The van der Waals surface area contributed by atoms with Gasteiger partial charge in [-0.3, -0.25) is 0 Å². The minimum absolute atomic E-state index is 0.225. The SMILES string of the molecule is CCCCCCNC(=O)OCCCCCC.CCCCCCOC(=O)N(CCCCCC)C(=O)O. The summed E-state index contributed by atoms with van der Waals surface area (Å²) in [5.41, 5.74) is 0. The van der Waals surface area contributed by atoms with Crippen LogP contribution < -0.4 is 5.32 Å². The predicted molar refractivity (Wildman–Crippen MR) is 142 cm³/mol. The molecule has 0 saturated carbocycles.